The van der Waals surface area contributed by atoms with Crippen LogP contribution in [0.1, 0.15) is 5.56 Å². The Morgan fingerprint density at radius 1 is 1.11 bits per heavy atom. The Balaban J connectivity index is 1.82. The first-order chi connectivity index (χ1) is 13.0. The Labute approximate surface area is 164 Å². The zero-order chi connectivity index (χ0) is 19.4. The van der Waals surface area contributed by atoms with Crippen molar-refractivity contribution in [2.75, 3.05) is 5.32 Å². The van der Waals surface area contributed by atoms with Crippen LogP contribution in [-0.2, 0) is 11.3 Å². The van der Waals surface area contributed by atoms with Gasteiger partial charge in [0.25, 0.3) is 5.56 Å². The van der Waals surface area contributed by atoms with Gasteiger partial charge in [0.15, 0.2) is 0 Å². The second-order valence-electron chi connectivity index (χ2n) is 5.58. The number of nitrogens with one attached hydrogen (secondary N) is 1. The fraction of sp³-hybridized carbons (Fsp3) is 0.0526. The van der Waals surface area contributed by atoms with E-state index >= 15 is 0 Å². The summed E-state index contributed by atoms with van der Waals surface area (Å²) in [5.41, 5.74) is 1.62. The fourth-order valence-corrected chi connectivity index (χ4v) is 2.67. The normalized spacial score (nSPS) is 10.3. The van der Waals surface area contributed by atoms with Gasteiger partial charge in [-0.3, -0.25) is 9.59 Å². The van der Waals surface area contributed by atoms with E-state index in [2.05, 4.69) is 10.4 Å². The molecule has 3 rings (SSSR count). The first-order valence-corrected chi connectivity index (χ1v) is 8.55. The molecule has 0 radical (unpaired) electrons. The van der Waals surface area contributed by atoms with Crippen LogP contribution >= 0.6 is 23.2 Å². The average molecular weight is 399 g/mol. The highest BCUT2D eigenvalue weighted by atomic mass is 35.5. The van der Waals surface area contributed by atoms with E-state index in [4.69, 9.17) is 28.5 Å². The van der Waals surface area contributed by atoms with Crippen molar-refractivity contribution in [3.63, 3.8) is 0 Å². The molecule has 1 heterocycles. The average Bonchev–Trinajstić information content (AvgIpc) is 2.66. The summed E-state index contributed by atoms with van der Waals surface area (Å²) < 4.78 is 1.06. The molecule has 1 N–H and O–H groups in total. The van der Waals surface area contributed by atoms with Crippen LogP contribution in [0.15, 0.2) is 59.4 Å². The number of hydrogen-bond acceptors (Lipinski definition) is 4. The summed E-state index contributed by atoms with van der Waals surface area (Å²) in [6, 6.07) is 16.3. The third-order valence-corrected chi connectivity index (χ3v) is 4.39. The topological polar surface area (TPSA) is 87.8 Å². The van der Waals surface area contributed by atoms with E-state index in [-0.39, 0.29) is 6.54 Å². The van der Waals surface area contributed by atoms with Gasteiger partial charge in [-0.25, -0.2) is 4.68 Å². The highest BCUT2D eigenvalue weighted by molar-refractivity contribution is 6.42. The minimum atomic E-state index is -0.439. The van der Waals surface area contributed by atoms with E-state index in [0.717, 1.165) is 4.68 Å². The lowest BCUT2D eigenvalue weighted by atomic mass is 10.1. The molecule has 134 valence electrons. The number of nitriles is 1. The molecule has 8 heteroatoms. The summed E-state index contributed by atoms with van der Waals surface area (Å²) in [7, 11) is 0. The molecule has 0 bridgehead atoms. The standard InChI is InChI=1S/C19H12Cl2N4O2/c20-15-5-4-13(9-16(15)21)17-6-7-19(27)25(24-17)11-18(26)23-14-3-1-2-12(8-14)10-22/h1-9H,11H2,(H,23,26). The molecule has 3 aromatic rings. The summed E-state index contributed by atoms with van der Waals surface area (Å²) in [4.78, 5) is 24.3. The number of carbonyl (C=O) groups is 1. The van der Waals surface area contributed by atoms with Gasteiger partial charge in [-0.2, -0.15) is 10.4 Å². The second-order valence-corrected chi connectivity index (χ2v) is 6.40. The SMILES string of the molecule is N#Cc1cccc(NC(=O)Cn2nc(-c3ccc(Cl)c(Cl)c3)ccc2=O)c1. The van der Waals surface area contributed by atoms with E-state index in [1.54, 1.807) is 48.5 Å². The van der Waals surface area contributed by atoms with Crippen molar-refractivity contribution in [1.82, 2.24) is 9.78 Å². The van der Waals surface area contributed by atoms with Crippen LogP contribution < -0.4 is 10.9 Å². The third-order valence-electron chi connectivity index (χ3n) is 3.65. The molecule has 0 atom stereocenters. The fourth-order valence-electron chi connectivity index (χ4n) is 2.37. The Morgan fingerprint density at radius 2 is 1.93 bits per heavy atom. The quantitative estimate of drug-likeness (QED) is 0.724. The van der Waals surface area contributed by atoms with Crippen molar-refractivity contribution in [3.8, 4) is 17.3 Å². The predicted molar refractivity (Wildman–Crippen MR) is 104 cm³/mol. The molecule has 2 aromatic carbocycles. The number of nitrogens with zero attached hydrogens (tertiary/aromatic N) is 3. The molecule has 0 saturated carbocycles. The van der Waals surface area contributed by atoms with Gasteiger partial charge in [-0.15, -0.1) is 0 Å². The van der Waals surface area contributed by atoms with Crippen molar-refractivity contribution in [1.29, 1.82) is 5.26 Å². The maximum Gasteiger partial charge on any atom is 0.267 e. The van der Waals surface area contributed by atoms with Gasteiger partial charge in [-0.1, -0.05) is 35.3 Å². The van der Waals surface area contributed by atoms with Crippen molar-refractivity contribution in [3.05, 3.63) is 80.6 Å². The number of anilines is 1. The molecular weight excluding hydrogens is 387 g/mol. The van der Waals surface area contributed by atoms with E-state index in [1.165, 1.54) is 6.07 Å². The van der Waals surface area contributed by atoms with Crippen LogP contribution in [0.2, 0.25) is 10.0 Å². The third kappa shape index (κ3) is 4.53. The minimum Gasteiger partial charge on any atom is -0.324 e. The van der Waals surface area contributed by atoms with Crippen LogP contribution in [0.25, 0.3) is 11.3 Å². The maximum absolute atomic E-state index is 12.2. The van der Waals surface area contributed by atoms with Gasteiger partial charge in [0.1, 0.15) is 6.54 Å². The molecule has 0 unspecified atom stereocenters. The molecule has 1 amide bonds. The molecule has 6 nitrogen and oxygen atoms in total. The zero-order valence-electron chi connectivity index (χ0n) is 13.8. The molecule has 0 spiro atoms. The largest absolute Gasteiger partial charge is 0.324 e. The van der Waals surface area contributed by atoms with Gasteiger partial charge >= 0.3 is 0 Å². The van der Waals surface area contributed by atoms with E-state index < -0.39 is 11.5 Å². The number of hydrogen-bond donors (Lipinski definition) is 1. The Kier molecular flexibility index (Phi) is 5.55. The summed E-state index contributed by atoms with van der Waals surface area (Å²) in [6.45, 7) is -0.273. The first-order valence-electron chi connectivity index (χ1n) is 7.80. The zero-order valence-corrected chi connectivity index (χ0v) is 15.3. The Hall–Kier alpha value is -3.14. The van der Waals surface area contributed by atoms with E-state index in [0.29, 0.717) is 32.6 Å². The molecule has 0 aliphatic heterocycles. The molecule has 0 aliphatic rings. The molecule has 1 aromatic heterocycles. The number of halogens is 2. The van der Waals surface area contributed by atoms with Gasteiger partial charge in [0, 0.05) is 17.3 Å². The van der Waals surface area contributed by atoms with Gasteiger partial charge in [-0.05, 0) is 36.4 Å². The minimum absolute atomic E-state index is 0.273. The maximum atomic E-state index is 12.2. The van der Waals surface area contributed by atoms with Crippen LogP contribution in [0, 0.1) is 11.3 Å². The second kappa shape index (κ2) is 8.04. The smallest absolute Gasteiger partial charge is 0.267 e. The number of aromatic nitrogens is 2. The lowest BCUT2D eigenvalue weighted by molar-refractivity contribution is -0.117. The number of amides is 1. The summed E-state index contributed by atoms with van der Waals surface area (Å²) in [5, 5.41) is 16.5. The molecular formula is C19H12Cl2N4O2. The highest BCUT2D eigenvalue weighted by Crippen LogP contribution is 2.27. The lowest BCUT2D eigenvalue weighted by Gasteiger charge is -2.09. The van der Waals surface area contributed by atoms with Crippen LogP contribution in [-0.4, -0.2) is 15.7 Å². The van der Waals surface area contributed by atoms with E-state index in [1.807, 2.05) is 6.07 Å². The predicted octanol–water partition coefficient (Wildman–Crippen LogP) is 3.73. The Morgan fingerprint density at radius 3 is 2.67 bits per heavy atom. The van der Waals surface area contributed by atoms with Crippen LogP contribution in [0.4, 0.5) is 5.69 Å². The van der Waals surface area contributed by atoms with Crippen molar-refractivity contribution in [2.24, 2.45) is 0 Å². The van der Waals surface area contributed by atoms with Gasteiger partial charge < -0.3 is 5.32 Å². The van der Waals surface area contributed by atoms with Crippen molar-refractivity contribution >= 4 is 34.8 Å². The van der Waals surface area contributed by atoms with Crippen LogP contribution in [0.3, 0.4) is 0 Å². The monoisotopic (exact) mass is 398 g/mol. The van der Waals surface area contributed by atoms with E-state index in [9.17, 15) is 9.59 Å². The molecule has 0 fully saturated rings. The Bertz CT molecular complexity index is 1120. The number of rotatable bonds is 4. The number of carbonyl (C=O) groups excluding carboxylic acids is 1. The molecule has 0 saturated heterocycles. The number of benzene rings is 2. The summed E-state index contributed by atoms with van der Waals surface area (Å²) in [6.07, 6.45) is 0. The van der Waals surface area contributed by atoms with Crippen molar-refractivity contribution < 1.29 is 4.79 Å². The van der Waals surface area contributed by atoms with Gasteiger partial charge in [0.2, 0.25) is 5.91 Å². The summed E-state index contributed by atoms with van der Waals surface area (Å²) >= 11 is 11.9. The first kappa shape index (κ1) is 18.6. The summed E-state index contributed by atoms with van der Waals surface area (Å²) in [5.74, 6) is -0.439. The highest BCUT2D eigenvalue weighted by Gasteiger charge is 2.10. The van der Waals surface area contributed by atoms with Crippen LogP contribution in [0.5, 0.6) is 0 Å². The molecule has 27 heavy (non-hydrogen) atoms. The molecule has 0 aliphatic carbocycles. The van der Waals surface area contributed by atoms with Crippen molar-refractivity contribution in [2.45, 2.75) is 6.54 Å². The lowest BCUT2D eigenvalue weighted by Crippen LogP contribution is -2.29. The van der Waals surface area contributed by atoms with Gasteiger partial charge in [0.05, 0.1) is 27.4 Å².